The van der Waals surface area contributed by atoms with Crippen LogP contribution in [0.15, 0.2) is 41.4 Å². The van der Waals surface area contributed by atoms with Gasteiger partial charge in [-0.3, -0.25) is 4.98 Å². The van der Waals surface area contributed by atoms with Crippen LogP contribution in [0.3, 0.4) is 0 Å². The third-order valence-corrected chi connectivity index (χ3v) is 3.53. The Balaban J connectivity index is 2.57. The molecule has 0 bridgehead atoms. The summed E-state index contributed by atoms with van der Waals surface area (Å²) in [4.78, 5) is 3.50. The van der Waals surface area contributed by atoms with E-state index in [4.69, 9.17) is 10.9 Å². The van der Waals surface area contributed by atoms with E-state index in [9.17, 15) is 12.8 Å². The molecule has 0 saturated heterocycles. The van der Waals surface area contributed by atoms with Crippen molar-refractivity contribution in [3.05, 3.63) is 47.9 Å². The third kappa shape index (κ3) is 2.78. The fourth-order valence-corrected chi connectivity index (χ4v) is 2.26. The number of nitrogens with zero attached hydrogens (tertiary/aromatic N) is 1. The van der Waals surface area contributed by atoms with Crippen LogP contribution in [-0.2, 0) is 16.6 Å². The zero-order valence-corrected chi connectivity index (χ0v) is 10.7. The highest BCUT2D eigenvalue weighted by Gasteiger charge is 2.18. The molecule has 7 heteroatoms. The molecule has 2 aromatic rings. The number of hydrogen-bond acceptors (Lipinski definition) is 4. The van der Waals surface area contributed by atoms with Gasteiger partial charge >= 0.3 is 0 Å². The van der Waals surface area contributed by atoms with Gasteiger partial charge in [0.1, 0.15) is 4.90 Å². The van der Waals surface area contributed by atoms with Gasteiger partial charge in [-0.2, -0.15) is 0 Å². The molecule has 1 heterocycles. The number of benzene rings is 1. The predicted octanol–water partition coefficient (Wildman–Crippen LogP) is 0.994. The molecule has 0 spiro atoms. The van der Waals surface area contributed by atoms with Crippen molar-refractivity contribution in [1.29, 1.82) is 0 Å². The molecule has 0 aliphatic rings. The van der Waals surface area contributed by atoms with Crippen molar-refractivity contribution in [2.75, 3.05) is 0 Å². The average molecular weight is 281 g/mol. The number of hydrogen-bond donors (Lipinski definition) is 2. The van der Waals surface area contributed by atoms with Crippen LogP contribution in [0, 0.1) is 5.82 Å². The Morgan fingerprint density at radius 2 is 1.95 bits per heavy atom. The fraction of sp³-hybridized carbons (Fsp3) is 0.0833. The minimum atomic E-state index is -4.10. The van der Waals surface area contributed by atoms with Gasteiger partial charge in [-0.1, -0.05) is 12.1 Å². The maximum absolute atomic E-state index is 14.1. The molecule has 0 saturated carbocycles. The van der Waals surface area contributed by atoms with Crippen LogP contribution >= 0.6 is 0 Å². The molecule has 100 valence electrons. The Hall–Kier alpha value is -1.83. The number of aromatic nitrogens is 1. The lowest BCUT2D eigenvalue weighted by atomic mass is 10.1. The first kappa shape index (κ1) is 13.6. The molecule has 1 aromatic heterocycles. The standard InChI is InChI=1S/C12H12FN3O2S/c13-12-9(2-1-3-11(12)19(15,17)18)10-5-4-8(6-14)7-16-10/h1-5,7H,6,14H2,(H2,15,17,18). The molecule has 0 unspecified atom stereocenters. The van der Waals surface area contributed by atoms with Crippen LogP contribution < -0.4 is 10.9 Å². The second-order valence-corrected chi connectivity index (χ2v) is 5.45. The van der Waals surface area contributed by atoms with Crippen LogP contribution in [0.5, 0.6) is 0 Å². The predicted molar refractivity (Wildman–Crippen MR) is 68.9 cm³/mol. The number of halogens is 1. The monoisotopic (exact) mass is 281 g/mol. The van der Waals surface area contributed by atoms with Crippen molar-refractivity contribution in [3.63, 3.8) is 0 Å². The first-order valence-electron chi connectivity index (χ1n) is 5.40. The van der Waals surface area contributed by atoms with Crippen LogP contribution in [0.2, 0.25) is 0 Å². The fourth-order valence-electron chi connectivity index (χ4n) is 1.63. The van der Waals surface area contributed by atoms with Crippen molar-refractivity contribution in [3.8, 4) is 11.3 Å². The van der Waals surface area contributed by atoms with E-state index in [1.54, 1.807) is 12.1 Å². The van der Waals surface area contributed by atoms with Crippen molar-refractivity contribution in [1.82, 2.24) is 4.98 Å². The molecule has 2 rings (SSSR count). The Morgan fingerprint density at radius 1 is 1.21 bits per heavy atom. The van der Waals surface area contributed by atoms with E-state index in [2.05, 4.69) is 4.98 Å². The maximum Gasteiger partial charge on any atom is 0.240 e. The molecule has 19 heavy (non-hydrogen) atoms. The molecular weight excluding hydrogens is 269 g/mol. The number of primary sulfonamides is 1. The second-order valence-electron chi connectivity index (χ2n) is 3.92. The number of nitrogens with two attached hydrogens (primary N) is 2. The van der Waals surface area contributed by atoms with E-state index in [1.807, 2.05) is 0 Å². The highest BCUT2D eigenvalue weighted by molar-refractivity contribution is 7.89. The molecule has 5 nitrogen and oxygen atoms in total. The van der Waals surface area contributed by atoms with E-state index in [0.717, 1.165) is 11.6 Å². The average Bonchev–Trinajstić information content (AvgIpc) is 2.38. The first-order valence-corrected chi connectivity index (χ1v) is 6.95. The maximum atomic E-state index is 14.1. The molecular formula is C12H12FN3O2S. The van der Waals surface area contributed by atoms with Gasteiger partial charge in [0.15, 0.2) is 5.82 Å². The lowest BCUT2D eigenvalue weighted by Gasteiger charge is -2.07. The van der Waals surface area contributed by atoms with Gasteiger partial charge < -0.3 is 5.73 Å². The Morgan fingerprint density at radius 3 is 2.47 bits per heavy atom. The van der Waals surface area contributed by atoms with E-state index in [1.165, 1.54) is 18.3 Å². The van der Waals surface area contributed by atoms with Gasteiger partial charge in [0, 0.05) is 18.3 Å². The summed E-state index contributed by atoms with van der Waals surface area (Å²) in [6.07, 6.45) is 1.51. The van der Waals surface area contributed by atoms with Gasteiger partial charge in [-0.25, -0.2) is 17.9 Å². The van der Waals surface area contributed by atoms with E-state index in [-0.39, 0.29) is 5.56 Å². The number of sulfonamides is 1. The highest BCUT2D eigenvalue weighted by Crippen LogP contribution is 2.25. The van der Waals surface area contributed by atoms with E-state index < -0.39 is 20.7 Å². The largest absolute Gasteiger partial charge is 0.326 e. The smallest absolute Gasteiger partial charge is 0.240 e. The minimum Gasteiger partial charge on any atom is -0.326 e. The first-order chi connectivity index (χ1) is 8.93. The molecule has 4 N–H and O–H groups in total. The minimum absolute atomic E-state index is 0.0788. The van der Waals surface area contributed by atoms with E-state index >= 15 is 0 Å². The molecule has 0 amide bonds. The Labute approximate surface area is 110 Å². The van der Waals surface area contributed by atoms with Crippen LogP contribution in [0.4, 0.5) is 4.39 Å². The molecule has 0 radical (unpaired) electrons. The summed E-state index contributed by atoms with van der Waals surface area (Å²) in [6, 6.07) is 7.24. The van der Waals surface area contributed by atoms with Gasteiger partial charge in [0.25, 0.3) is 0 Å². The Kier molecular flexibility index (Phi) is 3.61. The van der Waals surface area contributed by atoms with Crippen LogP contribution in [-0.4, -0.2) is 13.4 Å². The van der Waals surface area contributed by atoms with Gasteiger partial charge in [0.05, 0.1) is 5.69 Å². The second kappa shape index (κ2) is 5.04. The molecule has 0 fully saturated rings. The van der Waals surface area contributed by atoms with Crippen molar-refractivity contribution in [2.45, 2.75) is 11.4 Å². The number of rotatable bonds is 3. The van der Waals surface area contributed by atoms with Gasteiger partial charge in [-0.05, 0) is 23.8 Å². The van der Waals surface area contributed by atoms with Crippen molar-refractivity contribution in [2.24, 2.45) is 10.9 Å². The molecule has 0 aliphatic heterocycles. The molecule has 0 aliphatic carbocycles. The van der Waals surface area contributed by atoms with E-state index in [0.29, 0.717) is 12.2 Å². The lowest BCUT2D eigenvalue weighted by Crippen LogP contribution is -2.14. The Bertz CT molecular complexity index is 699. The zero-order valence-electron chi connectivity index (χ0n) is 9.88. The quantitative estimate of drug-likeness (QED) is 0.876. The third-order valence-electron chi connectivity index (χ3n) is 2.61. The normalized spacial score (nSPS) is 11.5. The molecule has 1 aromatic carbocycles. The summed E-state index contributed by atoms with van der Waals surface area (Å²) in [5.41, 5.74) is 6.64. The topological polar surface area (TPSA) is 99.1 Å². The van der Waals surface area contributed by atoms with Crippen LogP contribution in [0.25, 0.3) is 11.3 Å². The number of pyridine rings is 1. The summed E-state index contributed by atoms with van der Waals surface area (Å²) in [5, 5.41) is 4.95. The van der Waals surface area contributed by atoms with Gasteiger partial charge in [-0.15, -0.1) is 0 Å². The summed E-state index contributed by atoms with van der Waals surface area (Å²) >= 11 is 0. The van der Waals surface area contributed by atoms with Crippen molar-refractivity contribution < 1.29 is 12.8 Å². The molecule has 0 atom stereocenters. The van der Waals surface area contributed by atoms with Crippen molar-refractivity contribution >= 4 is 10.0 Å². The SMILES string of the molecule is NCc1ccc(-c2cccc(S(N)(=O)=O)c2F)nc1. The summed E-state index contributed by atoms with van der Waals surface area (Å²) in [7, 11) is -4.10. The summed E-state index contributed by atoms with van der Waals surface area (Å²) in [6.45, 7) is 0.326. The lowest BCUT2D eigenvalue weighted by molar-refractivity contribution is 0.569. The van der Waals surface area contributed by atoms with Crippen LogP contribution in [0.1, 0.15) is 5.56 Å². The zero-order chi connectivity index (χ0) is 14.0. The summed E-state index contributed by atoms with van der Waals surface area (Å²) in [5.74, 6) is -0.905. The summed E-state index contributed by atoms with van der Waals surface area (Å²) < 4.78 is 36.6. The highest BCUT2D eigenvalue weighted by atomic mass is 32.2. The van der Waals surface area contributed by atoms with Gasteiger partial charge in [0.2, 0.25) is 10.0 Å².